The molecule has 1 atom stereocenters. The Morgan fingerprint density at radius 1 is 1.14 bits per heavy atom. The van der Waals surface area contributed by atoms with Crippen LogP contribution in [0.4, 0.5) is 0 Å². The van der Waals surface area contributed by atoms with E-state index < -0.39 is 0 Å². The lowest BCUT2D eigenvalue weighted by Crippen LogP contribution is -1.80. The first kappa shape index (κ1) is 9.74. The molecule has 3 heteroatoms. The molecule has 0 fully saturated rings. The Balaban J connectivity index is 2.06. The summed E-state index contributed by atoms with van der Waals surface area (Å²) in [5.41, 5.74) is 1.10. The van der Waals surface area contributed by atoms with Crippen LogP contribution in [0.2, 0.25) is 0 Å². The van der Waals surface area contributed by atoms with Gasteiger partial charge in [0, 0.05) is 10.5 Å². The Kier molecular flexibility index (Phi) is 3.22. The van der Waals surface area contributed by atoms with E-state index in [1.54, 1.807) is 24.3 Å². The van der Waals surface area contributed by atoms with Gasteiger partial charge in [-0.2, -0.15) is 12.6 Å². The van der Waals surface area contributed by atoms with Crippen LogP contribution in [0.25, 0.3) is 0 Å². The predicted molar refractivity (Wildman–Crippen MR) is 62.7 cm³/mol. The van der Waals surface area contributed by atoms with Crippen LogP contribution in [0, 0.1) is 0 Å². The maximum absolute atomic E-state index is 5.01. The molecule has 1 nitrogen and oxygen atoms in total. The topological polar surface area (TPSA) is 13.1 Å². The van der Waals surface area contributed by atoms with E-state index in [9.17, 15) is 0 Å². The van der Waals surface area contributed by atoms with Crippen LogP contribution < -0.4 is 0 Å². The van der Waals surface area contributed by atoms with E-state index in [-0.39, 0.29) is 4.58 Å². The van der Waals surface area contributed by atoms with Gasteiger partial charge < -0.3 is 4.42 Å². The van der Waals surface area contributed by atoms with Gasteiger partial charge in [-0.15, -0.1) is 11.8 Å². The highest BCUT2D eigenvalue weighted by Gasteiger charge is 2.08. The fraction of sp³-hybridized carbons (Fsp3) is 0.0909. The van der Waals surface area contributed by atoms with Crippen LogP contribution in [-0.4, -0.2) is 0 Å². The Morgan fingerprint density at radius 2 is 1.93 bits per heavy atom. The van der Waals surface area contributed by atoms with Gasteiger partial charge in [-0.3, -0.25) is 0 Å². The van der Waals surface area contributed by atoms with E-state index in [0.29, 0.717) is 0 Å². The molecule has 1 heterocycles. The van der Waals surface area contributed by atoms with Crippen molar-refractivity contribution in [3.63, 3.8) is 0 Å². The van der Waals surface area contributed by atoms with Crippen molar-refractivity contribution in [3.8, 4) is 0 Å². The molecule has 0 bridgehead atoms. The maximum atomic E-state index is 5.01. The van der Waals surface area contributed by atoms with E-state index in [1.165, 1.54) is 4.90 Å². The lowest BCUT2D eigenvalue weighted by Gasteiger charge is -2.07. The molecule has 0 N–H and O–H groups in total. The van der Waals surface area contributed by atoms with Gasteiger partial charge in [-0.1, -0.05) is 18.2 Å². The van der Waals surface area contributed by atoms with Gasteiger partial charge in [0.2, 0.25) is 0 Å². The quantitative estimate of drug-likeness (QED) is 0.479. The van der Waals surface area contributed by atoms with Gasteiger partial charge in [0.1, 0.15) is 0 Å². The van der Waals surface area contributed by atoms with E-state index in [0.717, 1.165) is 5.56 Å². The van der Waals surface area contributed by atoms with Gasteiger partial charge >= 0.3 is 0 Å². The Bertz CT molecular complexity index is 369. The molecule has 0 aliphatic rings. The molecule has 1 unspecified atom stereocenters. The highest BCUT2D eigenvalue weighted by Crippen LogP contribution is 2.37. The number of thiol groups is 1. The van der Waals surface area contributed by atoms with Crippen LogP contribution in [0.3, 0.4) is 0 Å². The summed E-state index contributed by atoms with van der Waals surface area (Å²) in [6, 6.07) is 12.2. The molecule has 0 spiro atoms. The first-order chi connectivity index (χ1) is 6.86. The number of hydrogen-bond donors (Lipinski definition) is 1. The summed E-state index contributed by atoms with van der Waals surface area (Å²) in [5.74, 6) is 0. The minimum absolute atomic E-state index is 0.135. The fourth-order valence-electron chi connectivity index (χ4n) is 1.11. The number of hydrogen-bond acceptors (Lipinski definition) is 3. The van der Waals surface area contributed by atoms with Crippen LogP contribution in [0.5, 0.6) is 0 Å². The largest absolute Gasteiger partial charge is 0.472 e. The summed E-state index contributed by atoms with van der Waals surface area (Å²) in [4.78, 5) is 1.22. The zero-order valence-corrected chi connectivity index (χ0v) is 9.17. The summed E-state index contributed by atoms with van der Waals surface area (Å²) in [5, 5.41) is 0. The van der Waals surface area contributed by atoms with Gasteiger partial charge in [-0.05, 0) is 18.2 Å². The smallest absolute Gasteiger partial charge is 0.0954 e. The minimum Gasteiger partial charge on any atom is -0.472 e. The first-order valence-corrected chi connectivity index (χ1v) is 5.68. The van der Waals surface area contributed by atoms with Crippen molar-refractivity contribution < 1.29 is 4.42 Å². The molecule has 0 aliphatic carbocycles. The molecule has 0 saturated carbocycles. The number of thioether (sulfide) groups is 1. The second-order valence-corrected chi connectivity index (χ2v) is 4.88. The van der Waals surface area contributed by atoms with E-state index in [2.05, 4.69) is 24.8 Å². The van der Waals surface area contributed by atoms with Crippen LogP contribution in [-0.2, 0) is 0 Å². The molecule has 72 valence electrons. The second kappa shape index (κ2) is 4.62. The van der Waals surface area contributed by atoms with Crippen molar-refractivity contribution in [1.29, 1.82) is 0 Å². The molecule has 1 aromatic heterocycles. The Labute approximate surface area is 92.9 Å². The van der Waals surface area contributed by atoms with Crippen molar-refractivity contribution >= 4 is 24.4 Å². The third-order valence-electron chi connectivity index (χ3n) is 1.82. The molecule has 0 radical (unpaired) electrons. The fourth-order valence-corrected chi connectivity index (χ4v) is 2.47. The standard InChI is InChI=1S/C11H10OS2/c13-11(9-6-7-12-8-9)14-10-4-2-1-3-5-10/h1-8,11,13H. The molecular weight excluding hydrogens is 212 g/mol. The molecule has 14 heavy (non-hydrogen) atoms. The van der Waals surface area contributed by atoms with Gasteiger partial charge in [0.25, 0.3) is 0 Å². The normalized spacial score (nSPS) is 12.6. The number of benzene rings is 1. The minimum atomic E-state index is 0.135. The Morgan fingerprint density at radius 3 is 2.57 bits per heavy atom. The SMILES string of the molecule is SC(Sc1ccccc1)c1ccoc1. The highest BCUT2D eigenvalue weighted by atomic mass is 32.2. The average Bonchev–Trinajstić information content (AvgIpc) is 2.72. The van der Waals surface area contributed by atoms with Crippen molar-refractivity contribution in [1.82, 2.24) is 0 Å². The number of rotatable bonds is 3. The molecule has 0 saturated heterocycles. The van der Waals surface area contributed by atoms with Crippen molar-refractivity contribution in [3.05, 3.63) is 54.5 Å². The highest BCUT2D eigenvalue weighted by molar-refractivity contribution is 8.09. The van der Waals surface area contributed by atoms with Crippen molar-refractivity contribution in [2.24, 2.45) is 0 Å². The Hall–Kier alpha value is -0.800. The van der Waals surface area contributed by atoms with Crippen LogP contribution >= 0.6 is 24.4 Å². The maximum Gasteiger partial charge on any atom is 0.0954 e. The van der Waals surface area contributed by atoms with Crippen molar-refractivity contribution in [2.75, 3.05) is 0 Å². The van der Waals surface area contributed by atoms with Gasteiger partial charge in [-0.25, -0.2) is 0 Å². The summed E-state index contributed by atoms with van der Waals surface area (Å²) in [7, 11) is 0. The van der Waals surface area contributed by atoms with Gasteiger partial charge in [0.05, 0.1) is 17.1 Å². The second-order valence-electron chi connectivity index (χ2n) is 2.84. The lowest BCUT2D eigenvalue weighted by molar-refractivity contribution is 0.565. The zero-order chi connectivity index (χ0) is 9.80. The van der Waals surface area contributed by atoms with Gasteiger partial charge in [0.15, 0.2) is 0 Å². The predicted octanol–water partition coefficient (Wildman–Crippen LogP) is 4.00. The molecular formula is C11H10OS2. The van der Waals surface area contributed by atoms with Crippen LogP contribution in [0.15, 0.2) is 58.2 Å². The summed E-state index contributed by atoms with van der Waals surface area (Å²) in [6.45, 7) is 0. The summed E-state index contributed by atoms with van der Waals surface area (Å²) >= 11 is 6.21. The third kappa shape index (κ3) is 2.36. The zero-order valence-electron chi connectivity index (χ0n) is 7.46. The molecule has 2 rings (SSSR count). The van der Waals surface area contributed by atoms with E-state index >= 15 is 0 Å². The molecule has 1 aromatic carbocycles. The molecule has 2 aromatic rings. The monoisotopic (exact) mass is 222 g/mol. The van der Waals surface area contributed by atoms with E-state index in [1.807, 2.05) is 24.3 Å². The summed E-state index contributed by atoms with van der Waals surface area (Å²) < 4.78 is 5.15. The molecule has 0 amide bonds. The molecule has 0 aliphatic heterocycles. The average molecular weight is 222 g/mol. The summed E-state index contributed by atoms with van der Waals surface area (Å²) in [6.07, 6.45) is 3.40. The van der Waals surface area contributed by atoms with E-state index in [4.69, 9.17) is 4.42 Å². The third-order valence-corrected chi connectivity index (χ3v) is 3.47. The first-order valence-electron chi connectivity index (χ1n) is 4.28. The van der Waals surface area contributed by atoms with Crippen molar-refractivity contribution in [2.45, 2.75) is 9.48 Å². The number of furan rings is 1. The lowest BCUT2D eigenvalue weighted by atomic mass is 10.4. The van der Waals surface area contributed by atoms with Crippen LogP contribution in [0.1, 0.15) is 10.1 Å².